The summed E-state index contributed by atoms with van der Waals surface area (Å²) in [6, 6.07) is 6.49. The van der Waals surface area contributed by atoms with Crippen molar-refractivity contribution >= 4 is 23.5 Å². The van der Waals surface area contributed by atoms with Crippen LogP contribution in [0.15, 0.2) is 47.6 Å². The standard InChI is InChI=1S/C23H23NO4/c1-28-23(27)14-7-9-15(10-8-14)24-21(25)19-16-11-12-17(20(19)22(24)26)18(16)13-5-3-2-4-6-13/h7-12,16-17,19-20H,2-6H2,1H3. The van der Waals surface area contributed by atoms with Crippen LogP contribution in [-0.2, 0) is 14.3 Å². The van der Waals surface area contributed by atoms with Crippen LogP contribution in [0.3, 0.4) is 0 Å². The maximum Gasteiger partial charge on any atom is 0.337 e. The van der Waals surface area contributed by atoms with E-state index in [0.29, 0.717) is 11.3 Å². The van der Waals surface area contributed by atoms with Crippen molar-refractivity contribution in [1.29, 1.82) is 0 Å². The lowest BCUT2D eigenvalue weighted by molar-refractivity contribution is -0.122. The van der Waals surface area contributed by atoms with Gasteiger partial charge in [-0.1, -0.05) is 29.7 Å². The number of fused-ring (bicyclic) bond motifs is 5. The topological polar surface area (TPSA) is 63.7 Å². The molecule has 5 heteroatoms. The number of hydrogen-bond donors (Lipinski definition) is 0. The highest BCUT2D eigenvalue weighted by molar-refractivity contribution is 6.23. The quantitative estimate of drug-likeness (QED) is 0.448. The van der Waals surface area contributed by atoms with Crippen molar-refractivity contribution in [1.82, 2.24) is 0 Å². The summed E-state index contributed by atoms with van der Waals surface area (Å²) in [5.74, 6) is -1.02. The van der Waals surface area contributed by atoms with Gasteiger partial charge in [0.25, 0.3) is 0 Å². The highest BCUT2D eigenvalue weighted by Gasteiger charge is 2.62. The molecule has 5 nitrogen and oxygen atoms in total. The molecule has 0 N–H and O–H groups in total. The average molecular weight is 377 g/mol. The monoisotopic (exact) mass is 377 g/mol. The first kappa shape index (κ1) is 17.4. The Labute approximate surface area is 164 Å². The van der Waals surface area contributed by atoms with Gasteiger partial charge in [0.05, 0.1) is 30.2 Å². The number of esters is 1. The van der Waals surface area contributed by atoms with E-state index in [1.165, 1.54) is 42.4 Å². The molecule has 4 atom stereocenters. The zero-order chi connectivity index (χ0) is 19.4. The maximum atomic E-state index is 13.2. The molecule has 2 amide bonds. The predicted octanol–water partition coefficient (Wildman–Crippen LogP) is 3.66. The molecule has 1 aromatic rings. The van der Waals surface area contributed by atoms with Crippen LogP contribution >= 0.6 is 0 Å². The second kappa shape index (κ2) is 6.43. The first-order chi connectivity index (χ1) is 13.6. The van der Waals surface area contributed by atoms with Gasteiger partial charge in [0.1, 0.15) is 0 Å². The van der Waals surface area contributed by atoms with E-state index in [4.69, 9.17) is 4.74 Å². The number of allylic oxidation sites excluding steroid dienone is 4. The Kier molecular flexibility index (Phi) is 4.00. The van der Waals surface area contributed by atoms with Gasteiger partial charge < -0.3 is 4.74 Å². The molecule has 1 aliphatic heterocycles. The third-order valence-electron chi connectivity index (χ3n) is 6.83. The fourth-order valence-electron chi connectivity index (χ4n) is 5.62. The number of benzene rings is 1. The number of methoxy groups -OCH3 is 1. The van der Waals surface area contributed by atoms with E-state index >= 15 is 0 Å². The van der Waals surface area contributed by atoms with E-state index in [0.717, 1.165) is 12.8 Å². The number of ether oxygens (including phenoxy) is 1. The number of anilines is 1. The molecular formula is C23H23NO4. The molecule has 28 heavy (non-hydrogen) atoms. The van der Waals surface area contributed by atoms with Gasteiger partial charge in [-0.15, -0.1) is 0 Å². The summed E-state index contributed by atoms with van der Waals surface area (Å²) in [5, 5.41) is 0. The second-order valence-corrected chi connectivity index (χ2v) is 8.16. The summed E-state index contributed by atoms with van der Waals surface area (Å²) in [5.41, 5.74) is 3.80. The Morgan fingerprint density at radius 3 is 2.04 bits per heavy atom. The molecule has 1 heterocycles. The first-order valence-electron chi connectivity index (χ1n) is 10.1. The Morgan fingerprint density at radius 2 is 1.50 bits per heavy atom. The third-order valence-corrected chi connectivity index (χ3v) is 6.83. The molecule has 5 rings (SSSR count). The van der Waals surface area contributed by atoms with Gasteiger partial charge in [-0.05, 0) is 49.9 Å². The molecule has 0 aromatic heterocycles. The number of amides is 2. The minimum atomic E-state index is -0.437. The van der Waals surface area contributed by atoms with Gasteiger partial charge >= 0.3 is 5.97 Å². The number of carbonyl (C=O) groups is 3. The first-order valence-corrected chi connectivity index (χ1v) is 10.1. The van der Waals surface area contributed by atoms with E-state index in [2.05, 4.69) is 12.2 Å². The van der Waals surface area contributed by atoms with Crippen LogP contribution in [0.5, 0.6) is 0 Å². The molecule has 144 valence electrons. The second-order valence-electron chi connectivity index (χ2n) is 8.16. The zero-order valence-electron chi connectivity index (χ0n) is 15.9. The molecule has 2 bridgehead atoms. The number of carbonyl (C=O) groups excluding carboxylic acids is 3. The summed E-state index contributed by atoms with van der Waals surface area (Å²) in [4.78, 5) is 39.5. The van der Waals surface area contributed by atoms with Crippen molar-refractivity contribution in [3.8, 4) is 0 Å². The largest absolute Gasteiger partial charge is 0.465 e. The summed E-state index contributed by atoms with van der Waals surface area (Å²) in [6.07, 6.45) is 10.2. The minimum absolute atomic E-state index is 0.0823. The van der Waals surface area contributed by atoms with Crippen LogP contribution in [-0.4, -0.2) is 24.9 Å². The molecular weight excluding hydrogens is 354 g/mol. The van der Waals surface area contributed by atoms with Crippen molar-refractivity contribution in [3.05, 3.63) is 53.1 Å². The lowest BCUT2D eigenvalue weighted by Gasteiger charge is -2.23. The van der Waals surface area contributed by atoms with E-state index in [-0.39, 0.29) is 35.5 Å². The molecule has 3 fully saturated rings. The van der Waals surface area contributed by atoms with Crippen LogP contribution in [0.4, 0.5) is 5.69 Å². The fraction of sp³-hybridized carbons (Fsp3) is 0.435. The lowest BCUT2D eigenvalue weighted by Crippen LogP contribution is -2.33. The third kappa shape index (κ3) is 2.35. The number of hydrogen-bond acceptors (Lipinski definition) is 4. The van der Waals surface area contributed by atoms with Gasteiger partial charge in [0.15, 0.2) is 0 Å². The lowest BCUT2D eigenvalue weighted by atomic mass is 9.85. The van der Waals surface area contributed by atoms with E-state index in [9.17, 15) is 14.4 Å². The van der Waals surface area contributed by atoms with E-state index < -0.39 is 5.97 Å². The summed E-state index contributed by atoms with van der Waals surface area (Å²) < 4.78 is 4.71. The van der Waals surface area contributed by atoms with Crippen LogP contribution < -0.4 is 4.90 Å². The van der Waals surface area contributed by atoms with Crippen LogP contribution in [0.25, 0.3) is 0 Å². The summed E-state index contributed by atoms with van der Waals surface area (Å²) >= 11 is 0. The summed E-state index contributed by atoms with van der Waals surface area (Å²) in [7, 11) is 1.33. The van der Waals surface area contributed by atoms with Gasteiger partial charge in [-0.25, -0.2) is 9.69 Å². The Hall–Kier alpha value is -2.69. The predicted molar refractivity (Wildman–Crippen MR) is 103 cm³/mol. The SMILES string of the molecule is COC(=O)c1ccc(N2C(=O)C3C4C=CC(C4=C4CCCCC4)C3C2=O)cc1. The number of imide groups is 1. The van der Waals surface area contributed by atoms with Gasteiger partial charge in [0, 0.05) is 11.8 Å². The molecule has 3 aliphatic carbocycles. The summed E-state index contributed by atoms with van der Waals surface area (Å²) in [6.45, 7) is 0. The smallest absolute Gasteiger partial charge is 0.337 e. The van der Waals surface area contributed by atoms with E-state index in [1.54, 1.807) is 24.3 Å². The van der Waals surface area contributed by atoms with Gasteiger partial charge in [-0.2, -0.15) is 0 Å². The van der Waals surface area contributed by atoms with Crippen LogP contribution in [0.1, 0.15) is 42.5 Å². The number of rotatable bonds is 2. The Bertz CT molecular complexity index is 884. The Morgan fingerprint density at radius 1 is 0.929 bits per heavy atom. The van der Waals surface area contributed by atoms with Gasteiger partial charge in [0.2, 0.25) is 11.8 Å². The van der Waals surface area contributed by atoms with Crippen molar-refractivity contribution < 1.29 is 19.1 Å². The Balaban J connectivity index is 1.46. The fourth-order valence-corrected chi connectivity index (χ4v) is 5.62. The molecule has 0 spiro atoms. The van der Waals surface area contributed by atoms with Gasteiger partial charge in [-0.3, -0.25) is 9.59 Å². The molecule has 1 aromatic carbocycles. The highest BCUT2D eigenvalue weighted by Crippen LogP contribution is 2.58. The molecule has 2 saturated carbocycles. The average Bonchev–Trinajstić information content (AvgIpc) is 3.38. The molecule has 4 aliphatic rings. The van der Waals surface area contributed by atoms with Crippen molar-refractivity contribution in [2.24, 2.45) is 23.7 Å². The normalized spacial score (nSPS) is 31.0. The number of nitrogens with zero attached hydrogens (tertiary/aromatic N) is 1. The van der Waals surface area contributed by atoms with Crippen LogP contribution in [0.2, 0.25) is 0 Å². The maximum absolute atomic E-state index is 13.2. The zero-order valence-corrected chi connectivity index (χ0v) is 15.9. The van der Waals surface area contributed by atoms with Crippen molar-refractivity contribution in [3.63, 3.8) is 0 Å². The van der Waals surface area contributed by atoms with Crippen molar-refractivity contribution in [2.75, 3.05) is 12.0 Å². The minimum Gasteiger partial charge on any atom is -0.465 e. The highest BCUT2D eigenvalue weighted by atomic mass is 16.5. The van der Waals surface area contributed by atoms with E-state index in [1.807, 2.05) is 0 Å². The molecule has 4 unspecified atom stereocenters. The molecule has 1 saturated heterocycles. The molecule has 0 radical (unpaired) electrons. The van der Waals surface area contributed by atoms with Crippen LogP contribution in [0, 0.1) is 23.7 Å². The van der Waals surface area contributed by atoms with Crippen molar-refractivity contribution in [2.45, 2.75) is 32.1 Å².